The van der Waals surface area contributed by atoms with E-state index in [1.807, 2.05) is 0 Å². The molecule has 4 N–H and O–H groups in total. The van der Waals surface area contributed by atoms with Crippen LogP contribution >= 0.6 is 23.2 Å². The lowest BCUT2D eigenvalue weighted by Crippen LogP contribution is -2.39. The summed E-state index contributed by atoms with van der Waals surface area (Å²) in [5, 5.41) is 3.34. The molecular weight excluding hydrogens is 359 g/mol. The van der Waals surface area contributed by atoms with E-state index < -0.39 is 10.0 Å². The molecule has 0 amide bonds. The Bertz CT molecular complexity index is 673. The average molecular weight is 379 g/mol. The number of guanidine groups is 1. The first-order valence-corrected chi connectivity index (χ1v) is 9.64. The molecule has 6 nitrogen and oxygen atoms in total. The molecule has 0 radical (unpaired) electrons. The number of rotatable bonds is 6. The number of hydrogen-bond acceptors (Lipinski definition) is 3. The monoisotopic (exact) mass is 378 g/mol. The maximum absolute atomic E-state index is 12.2. The zero-order valence-corrected chi connectivity index (χ0v) is 14.9. The van der Waals surface area contributed by atoms with Crippen molar-refractivity contribution < 1.29 is 8.42 Å². The van der Waals surface area contributed by atoms with E-state index in [4.69, 9.17) is 28.9 Å². The average Bonchev–Trinajstić information content (AvgIpc) is 2.99. The van der Waals surface area contributed by atoms with Gasteiger partial charge < -0.3 is 11.1 Å². The molecule has 1 aromatic carbocycles. The summed E-state index contributed by atoms with van der Waals surface area (Å²) in [6.07, 6.45) is 4.59. The Labute approximate surface area is 146 Å². The Morgan fingerprint density at radius 3 is 2.70 bits per heavy atom. The summed E-state index contributed by atoms with van der Waals surface area (Å²) in [4.78, 5) is 4.07. The molecule has 0 atom stereocenters. The van der Waals surface area contributed by atoms with E-state index in [0.717, 1.165) is 12.8 Å². The number of nitrogens with zero attached hydrogens (tertiary/aromatic N) is 1. The van der Waals surface area contributed by atoms with Gasteiger partial charge in [-0.25, -0.2) is 13.1 Å². The highest BCUT2D eigenvalue weighted by Gasteiger charge is 2.19. The van der Waals surface area contributed by atoms with Crippen molar-refractivity contribution in [3.8, 4) is 0 Å². The Hall–Kier alpha value is -1.02. The fourth-order valence-electron chi connectivity index (χ4n) is 2.45. The summed E-state index contributed by atoms with van der Waals surface area (Å²) < 4.78 is 26.8. The lowest BCUT2D eigenvalue weighted by atomic mass is 10.2. The molecule has 0 bridgehead atoms. The first-order chi connectivity index (χ1) is 10.9. The first-order valence-electron chi connectivity index (χ1n) is 7.40. The topological polar surface area (TPSA) is 96.6 Å². The van der Waals surface area contributed by atoms with Gasteiger partial charge in [0, 0.05) is 12.6 Å². The normalized spacial score (nSPS) is 16.7. The minimum Gasteiger partial charge on any atom is -0.370 e. The summed E-state index contributed by atoms with van der Waals surface area (Å²) in [6, 6.07) is 4.84. The van der Waals surface area contributed by atoms with Gasteiger partial charge in [-0.15, -0.1) is 0 Å². The van der Waals surface area contributed by atoms with Crippen LogP contribution in [-0.2, 0) is 10.0 Å². The third-order valence-corrected chi connectivity index (χ3v) is 6.03. The smallest absolute Gasteiger partial charge is 0.242 e. The molecule has 0 saturated heterocycles. The van der Waals surface area contributed by atoms with Gasteiger partial charge >= 0.3 is 0 Å². The van der Waals surface area contributed by atoms with Crippen molar-refractivity contribution in [3.05, 3.63) is 28.2 Å². The predicted molar refractivity (Wildman–Crippen MR) is 93.5 cm³/mol. The van der Waals surface area contributed by atoms with Gasteiger partial charge in [-0.2, -0.15) is 0 Å². The SMILES string of the molecule is NC(=NCCNS(=O)(=O)c1cccc(Cl)c1Cl)NC1CCCC1. The van der Waals surface area contributed by atoms with Crippen molar-refractivity contribution in [2.45, 2.75) is 36.6 Å². The lowest BCUT2D eigenvalue weighted by molar-refractivity contribution is 0.582. The molecule has 0 heterocycles. The molecule has 0 unspecified atom stereocenters. The van der Waals surface area contributed by atoms with Gasteiger partial charge in [0.2, 0.25) is 10.0 Å². The van der Waals surface area contributed by atoms with E-state index >= 15 is 0 Å². The van der Waals surface area contributed by atoms with Crippen LogP contribution in [0.3, 0.4) is 0 Å². The summed E-state index contributed by atoms with van der Waals surface area (Å²) in [6.45, 7) is 0.362. The fraction of sp³-hybridized carbons (Fsp3) is 0.500. The molecule has 1 fully saturated rings. The largest absolute Gasteiger partial charge is 0.370 e. The van der Waals surface area contributed by atoms with E-state index in [2.05, 4.69) is 15.0 Å². The number of halogens is 2. The standard InChI is InChI=1S/C14H20Cl2N4O2S/c15-11-6-3-7-12(13(11)16)23(21,22)19-9-8-18-14(17)20-10-4-1-2-5-10/h3,6-7,10,19H,1-2,4-5,8-9H2,(H3,17,18,20). The van der Waals surface area contributed by atoms with Gasteiger partial charge in [-0.1, -0.05) is 42.1 Å². The van der Waals surface area contributed by atoms with Gasteiger partial charge in [-0.3, -0.25) is 4.99 Å². The van der Waals surface area contributed by atoms with Crippen LogP contribution in [0, 0.1) is 0 Å². The van der Waals surface area contributed by atoms with Crippen LogP contribution in [0.1, 0.15) is 25.7 Å². The van der Waals surface area contributed by atoms with Crippen molar-refractivity contribution in [2.75, 3.05) is 13.1 Å². The third kappa shape index (κ3) is 5.24. The van der Waals surface area contributed by atoms with Gasteiger partial charge in [-0.05, 0) is 25.0 Å². The number of hydrogen-bond donors (Lipinski definition) is 3. The number of benzene rings is 1. The van der Waals surface area contributed by atoms with Crippen LogP contribution in [0.25, 0.3) is 0 Å². The Kier molecular flexibility index (Phi) is 6.52. The van der Waals surface area contributed by atoms with E-state index in [-0.39, 0.29) is 28.0 Å². The van der Waals surface area contributed by atoms with Gasteiger partial charge in [0.25, 0.3) is 0 Å². The first kappa shape index (κ1) is 18.3. The minimum atomic E-state index is -3.73. The molecule has 0 aromatic heterocycles. The van der Waals surface area contributed by atoms with E-state index in [0.29, 0.717) is 12.0 Å². The second-order valence-corrected chi connectivity index (χ2v) is 7.86. The molecule has 9 heteroatoms. The molecule has 0 spiro atoms. The molecule has 2 rings (SSSR count). The summed E-state index contributed by atoms with van der Waals surface area (Å²) in [5.74, 6) is 0.344. The fourth-order valence-corrected chi connectivity index (χ4v) is 4.23. The molecule has 1 aromatic rings. The Morgan fingerprint density at radius 1 is 1.30 bits per heavy atom. The highest BCUT2D eigenvalue weighted by molar-refractivity contribution is 7.89. The zero-order chi connectivity index (χ0) is 16.9. The van der Waals surface area contributed by atoms with Gasteiger partial charge in [0.15, 0.2) is 5.96 Å². The number of aliphatic imine (C=N–C) groups is 1. The second kappa shape index (κ2) is 8.19. The van der Waals surface area contributed by atoms with Crippen LogP contribution in [0.15, 0.2) is 28.1 Å². The lowest BCUT2D eigenvalue weighted by Gasteiger charge is -2.12. The quantitative estimate of drug-likeness (QED) is 0.401. The molecule has 1 saturated carbocycles. The van der Waals surface area contributed by atoms with Crippen molar-refractivity contribution in [1.29, 1.82) is 0 Å². The molecule has 128 valence electrons. The van der Waals surface area contributed by atoms with E-state index in [9.17, 15) is 8.42 Å². The van der Waals surface area contributed by atoms with Crippen LogP contribution in [0.2, 0.25) is 10.0 Å². The zero-order valence-electron chi connectivity index (χ0n) is 12.6. The predicted octanol–water partition coefficient (Wildman–Crippen LogP) is 2.12. The molecule has 1 aliphatic rings. The summed E-state index contributed by atoms with van der Waals surface area (Å²) in [7, 11) is -3.73. The number of nitrogens with one attached hydrogen (secondary N) is 2. The maximum Gasteiger partial charge on any atom is 0.242 e. The number of nitrogens with two attached hydrogens (primary N) is 1. The Balaban J connectivity index is 1.86. The minimum absolute atomic E-state index is 0.00702. The molecule has 0 aliphatic heterocycles. The molecular formula is C14H20Cl2N4O2S. The van der Waals surface area contributed by atoms with Crippen molar-refractivity contribution in [1.82, 2.24) is 10.0 Å². The highest BCUT2D eigenvalue weighted by Crippen LogP contribution is 2.28. The maximum atomic E-state index is 12.2. The van der Waals surface area contributed by atoms with E-state index in [1.54, 1.807) is 0 Å². The summed E-state index contributed by atoms with van der Waals surface area (Å²) >= 11 is 11.8. The van der Waals surface area contributed by atoms with Crippen molar-refractivity contribution in [2.24, 2.45) is 10.7 Å². The van der Waals surface area contributed by atoms with E-state index in [1.165, 1.54) is 31.0 Å². The van der Waals surface area contributed by atoms with Gasteiger partial charge in [0.05, 0.1) is 16.6 Å². The number of sulfonamides is 1. The van der Waals surface area contributed by atoms with Crippen LogP contribution < -0.4 is 15.8 Å². The third-order valence-electron chi connectivity index (χ3n) is 3.60. The Morgan fingerprint density at radius 2 is 2.00 bits per heavy atom. The van der Waals surface area contributed by atoms with Crippen LogP contribution in [0.4, 0.5) is 0 Å². The second-order valence-electron chi connectivity index (χ2n) is 5.34. The van der Waals surface area contributed by atoms with Crippen molar-refractivity contribution in [3.63, 3.8) is 0 Å². The van der Waals surface area contributed by atoms with Gasteiger partial charge in [0.1, 0.15) is 4.90 Å². The van der Waals surface area contributed by atoms with Crippen LogP contribution in [0.5, 0.6) is 0 Å². The highest BCUT2D eigenvalue weighted by atomic mass is 35.5. The van der Waals surface area contributed by atoms with Crippen LogP contribution in [-0.4, -0.2) is 33.5 Å². The molecule has 1 aliphatic carbocycles. The molecule has 23 heavy (non-hydrogen) atoms. The summed E-state index contributed by atoms with van der Waals surface area (Å²) in [5.41, 5.74) is 5.78. The van der Waals surface area contributed by atoms with Crippen molar-refractivity contribution >= 4 is 39.2 Å².